The molecule has 0 bridgehead atoms. The lowest BCUT2D eigenvalue weighted by molar-refractivity contribution is 0.151. The third kappa shape index (κ3) is 4.65. The van der Waals surface area contributed by atoms with Crippen LogP contribution in [0, 0.1) is 11.5 Å². The highest BCUT2D eigenvalue weighted by Crippen LogP contribution is 2.22. The number of piperazine rings is 1. The van der Waals surface area contributed by atoms with Crippen LogP contribution in [-0.4, -0.2) is 47.9 Å². The normalized spacial score (nSPS) is 16.5. The largest absolute Gasteiger partial charge is 0.484 e. The number of amidine groups is 1. The zero-order valence-corrected chi connectivity index (χ0v) is 15.0. The fourth-order valence-electron chi connectivity index (χ4n) is 2.73. The van der Waals surface area contributed by atoms with E-state index in [2.05, 4.69) is 28.3 Å². The van der Waals surface area contributed by atoms with Crippen LogP contribution in [0.3, 0.4) is 0 Å². The third-order valence-corrected chi connectivity index (χ3v) is 4.44. The summed E-state index contributed by atoms with van der Waals surface area (Å²) < 4.78 is 6.07. The zero-order valence-electron chi connectivity index (χ0n) is 14.2. The standard InChI is InChI=1S/C18H23ClN4O/c1-4-18(24-17-7-5-16(19)6-8-17)14(2)22-9-11-23(12-10-22)15(3)21-13-20/h5-8,18H,2,4,9-12H2,1,3H3. The van der Waals surface area contributed by atoms with E-state index in [1.165, 1.54) is 0 Å². The molecule has 1 atom stereocenters. The summed E-state index contributed by atoms with van der Waals surface area (Å²) in [5.74, 6) is 1.57. The van der Waals surface area contributed by atoms with E-state index in [-0.39, 0.29) is 6.10 Å². The van der Waals surface area contributed by atoms with Crippen LogP contribution in [0.2, 0.25) is 5.02 Å². The molecule has 0 radical (unpaired) electrons. The van der Waals surface area contributed by atoms with Gasteiger partial charge in [0, 0.05) is 36.9 Å². The van der Waals surface area contributed by atoms with Crippen LogP contribution in [0.1, 0.15) is 20.3 Å². The molecule has 0 N–H and O–H groups in total. The van der Waals surface area contributed by atoms with Crippen LogP contribution in [0.5, 0.6) is 5.75 Å². The van der Waals surface area contributed by atoms with E-state index >= 15 is 0 Å². The zero-order chi connectivity index (χ0) is 17.5. The van der Waals surface area contributed by atoms with Gasteiger partial charge in [0.05, 0.1) is 0 Å². The molecule has 1 heterocycles. The van der Waals surface area contributed by atoms with Gasteiger partial charge in [0.1, 0.15) is 17.7 Å². The number of rotatable bonds is 5. The van der Waals surface area contributed by atoms with Gasteiger partial charge < -0.3 is 14.5 Å². The van der Waals surface area contributed by atoms with Crippen molar-refractivity contribution in [1.82, 2.24) is 9.80 Å². The second-order valence-electron chi connectivity index (χ2n) is 5.69. The lowest BCUT2D eigenvalue weighted by Crippen LogP contribution is -2.49. The summed E-state index contributed by atoms with van der Waals surface area (Å²) in [5, 5.41) is 9.35. The number of hydrogen-bond donors (Lipinski definition) is 0. The first-order valence-electron chi connectivity index (χ1n) is 8.09. The van der Waals surface area contributed by atoms with Crippen LogP contribution in [0.25, 0.3) is 0 Å². The molecule has 1 saturated heterocycles. The second-order valence-corrected chi connectivity index (χ2v) is 6.13. The average Bonchev–Trinajstić information content (AvgIpc) is 2.61. The number of halogens is 1. The minimum absolute atomic E-state index is 0.0633. The lowest BCUT2D eigenvalue weighted by Gasteiger charge is -2.39. The first-order chi connectivity index (χ1) is 11.5. The number of benzene rings is 1. The quantitative estimate of drug-likeness (QED) is 0.465. The smallest absolute Gasteiger partial charge is 0.207 e. The Hall–Kier alpha value is -2.19. The summed E-state index contributed by atoms with van der Waals surface area (Å²) in [7, 11) is 0. The van der Waals surface area contributed by atoms with Crippen molar-refractivity contribution >= 4 is 17.4 Å². The first-order valence-corrected chi connectivity index (χ1v) is 8.47. The monoisotopic (exact) mass is 346 g/mol. The van der Waals surface area contributed by atoms with E-state index in [1.54, 1.807) is 0 Å². The molecule has 1 aromatic rings. The molecule has 6 heteroatoms. The third-order valence-electron chi connectivity index (χ3n) is 4.19. The Labute approximate surface area is 148 Å². The summed E-state index contributed by atoms with van der Waals surface area (Å²) in [5.41, 5.74) is 0.988. The Morgan fingerprint density at radius 2 is 1.88 bits per heavy atom. The van der Waals surface area contributed by atoms with Crippen molar-refractivity contribution in [1.29, 1.82) is 5.26 Å². The molecule has 1 aliphatic rings. The molecule has 1 fully saturated rings. The first kappa shape index (κ1) is 18.2. The molecule has 0 spiro atoms. The highest BCUT2D eigenvalue weighted by molar-refractivity contribution is 6.30. The number of ether oxygens (including phenoxy) is 1. The number of nitriles is 1. The van der Waals surface area contributed by atoms with E-state index < -0.39 is 0 Å². The minimum atomic E-state index is -0.0633. The van der Waals surface area contributed by atoms with Crippen LogP contribution in [0.4, 0.5) is 0 Å². The van der Waals surface area contributed by atoms with Crippen molar-refractivity contribution in [3.8, 4) is 11.9 Å². The van der Waals surface area contributed by atoms with Crippen molar-refractivity contribution in [2.45, 2.75) is 26.4 Å². The van der Waals surface area contributed by atoms with E-state index in [4.69, 9.17) is 21.6 Å². The second kappa shape index (κ2) is 8.60. The number of aliphatic imine (C=N–C) groups is 1. The Morgan fingerprint density at radius 1 is 1.29 bits per heavy atom. The van der Waals surface area contributed by atoms with Gasteiger partial charge in [-0.15, -0.1) is 0 Å². The average molecular weight is 347 g/mol. The lowest BCUT2D eigenvalue weighted by atomic mass is 10.1. The van der Waals surface area contributed by atoms with E-state index in [9.17, 15) is 0 Å². The van der Waals surface area contributed by atoms with Gasteiger partial charge in [0.15, 0.2) is 0 Å². The molecule has 0 aliphatic carbocycles. The molecule has 128 valence electrons. The highest BCUT2D eigenvalue weighted by Gasteiger charge is 2.23. The fraction of sp³-hybridized carbons (Fsp3) is 0.444. The molecule has 1 aliphatic heterocycles. The predicted octanol–water partition coefficient (Wildman–Crippen LogP) is 3.53. The van der Waals surface area contributed by atoms with Gasteiger partial charge >= 0.3 is 0 Å². The number of hydrogen-bond acceptors (Lipinski definition) is 4. The van der Waals surface area contributed by atoms with Crippen LogP contribution >= 0.6 is 11.6 Å². The van der Waals surface area contributed by atoms with E-state index in [1.807, 2.05) is 37.4 Å². The summed E-state index contributed by atoms with van der Waals surface area (Å²) in [6.45, 7) is 11.5. The molecule has 0 amide bonds. The number of nitrogens with zero attached hydrogens (tertiary/aromatic N) is 4. The summed E-state index contributed by atoms with van der Waals surface area (Å²) in [6.07, 6.45) is 2.62. The molecule has 1 aromatic carbocycles. The Balaban J connectivity index is 1.94. The molecule has 2 rings (SSSR count). The Morgan fingerprint density at radius 3 is 2.42 bits per heavy atom. The molecule has 0 saturated carbocycles. The molecular formula is C18H23ClN4O. The van der Waals surface area contributed by atoms with Crippen molar-refractivity contribution < 1.29 is 4.74 Å². The molecule has 0 aromatic heterocycles. The minimum Gasteiger partial charge on any atom is -0.484 e. The van der Waals surface area contributed by atoms with Gasteiger partial charge in [-0.3, -0.25) is 0 Å². The van der Waals surface area contributed by atoms with Crippen LogP contribution in [0.15, 0.2) is 41.5 Å². The van der Waals surface area contributed by atoms with Crippen LogP contribution in [-0.2, 0) is 0 Å². The maximum atomic E-state index is 8.66. The van der Waals surface area contributed by atoms with Crippen molar-refractivity contribution in [3.63, 3.8) is 0 Å². The van der Waals surface area contributed by atoms with Gasteiger partial charge in [-0.05, 0) is 37.6 Å². The van der Waals surface area contributed by atoms with E-state index in [0.717, 1.165) is 49.9 Å². The van der Waals surface area contributed by atoms with E-state index in [0.29, 0.717) is 5.02 Å². The summed E-state index contributed by atoms with van der Waals surface area (Å²) in [6, 6.07) is 7.39. The van der Waals surface area contributed by atoms with Gasteiger partial charge in [0.2, 0.25) is 6.19 Å². The molecule has 24 heavy (non-hydrogen) atoms. The maximum absolute atomic E-state index is 8.66. The van der Waals surface area contributed by atoms with Gasteiger partial charge in [-0.25, -0.2) is 0 Å². The summed E-state index contributed by atoms with van der Waals surface area (Å²) >= 11 is 5.91. The Kier molecular flexibility index (Phi) is 6.51. The SMILES string of the molecule is C=C(C(CC)Oc1ccc(Cl)cc1)N1CCN(C(C)=NC#N)CC1. The molecular weight excluding hydrogens is 324 g/mol. The van der Waals surface area contributed by atoms with Gasteiger partial charge in [-0.2, -0.15) is 10.3 Å². The molecule has 5 nitrogen and oxygen atoms in total. The highest BCUT2D eigenvalue weighted by atomic mass is 35.5. The van der Waals surface area contributed by atoms with Gasteiger partial charge in [0.25, 0.3) is 0 Å². The van der Waals surface area contributed by atoms with Crippen molar-refractivity contribution in [2.24, 2.45) is 4.99 Å². The maximum Gasteiger partial charge on any atom is 0.207 e. The van der Waals surface area contributed by atoms with Gasteiger partial charge in [-0.1, -0.05) is 25.1 Å². The van der Waals surface area contributed by atoms with Crippen molar-refractivity contribution in [3.05, 3.63) is 41.6 Å². The van der Waals surface area contributed by atoms with Crippen molar-refractivity contribution in [2.75, 3.05) is 26.2 Å². The Bertz CT molecular complexity index is 627. The fourth-order valence-corrected chi connectivity index (χ4v) is 2.85. The topological polar surface area (TPSA) is 51.9 Å². The molecule has 1 unspecified atom stereocenters. The summed E-state index contributed by atoms with van der Waals surface area (Å²) in [4.78, 5) is 8.17. The van der Waals surface area contributed by atoms with Crippen LogP contribution < -0.4 is 4.74 Å². The predicted molar refractivity (Wildman–Crippen MR) is 97.2 cm³/mol.